The minimum Gasteiger partial charge on any atom is -0.352 e. The molecule has 1 aromatic rings. The van der Waals surface area contributed by atoms with Gasteiger partial charge in [-0.2, -0.15) is 4.31 Å². The second-order valence-electron chi connectivity index (χ2n) is 6.97. The molecule has 1 aromatic heterocycles. The minimum atomic E-state index is -3.58. The zero-order valence-electron chi connectivity index (χ0n) is 14.9. The van der Waals surface area contributed by atoms with Crippen LogP contribution >= 0.6 is 0 Å². The lowest BCUT2D eigenvalue weighted by Crippen LogP contribution is -2.49. The maximum Gasteiger partial charge on any atom is 0.262 e. The molecule has 0 aromatic carbocycles. The van der Waals surface area contributed by atoms with Crippen LogP contribution < -0.4 is 10.6 Å². The van der Waals surface area contributed by atoms with Crippen LogP contribution in [0, 0.1) is 12.8 Å². The van der Waals surface area contributed by atoms with Crippen LogP contribution in [-0.4, -0.2) is 60.4 Å². The topological polar surface area (TPSA) is 96.3 Å². The Morgan fingerprint density at radius 3 is 2.60 bits per heavy atom. The number of aromatic nitrogens is 2. The first-order valence-corrected chi connectivity index (χ1v) is 10.3. The van der Waals surface area contributed by atoms with Crippen molar-refractivity contribution in [2.75, 3.05) is 26.2 Å². The van der Waals surface area contributed by atoms with Gasteiger partial charge in [0.15, 0.2) is 5.03 Å². The van der Waals surface area contributed by atoms with E-state index in [1.54, 1.807) is 24.7 Å². The standard InChI is InChI=1S/C16H27N5O3S/c1-12-18-15(11-20(12)2)25(23,24)21-8-5-13(6-9-21)16(22)19-14-4-3-7-17-10-14/h11,13-14,17H,3-10H2,1-2H3,(H,19,22)/t14-/m0/s1. The molecule has 0 unspecified atom stereocenters. The number of aryl methyl sites for hydroxylation is 2. The summed E-state index contributed by atoms with van der Waals surface area (Å²) < 4.78 is 28.5. The summed E-state index contributed by atoms with van der Waals surface area (Å²) in [7, 11) is -1.80. The number of carbonyl (C=O) groups is 1. The lowest BCUT2D eigenvalue weighted by Gasteiger charge is -2.31. The van der Waals surface area contributed by atoms with Gasteiger partial charge in [-0.3, -0.25) is 4.79 Å². The first kappa shape index (κ1) is 18.3. The molecule has 1 atom stereocenters. The SMILES string of the molecule is Cc1nc(S(=O)(=O)N2CCC(C(=O)N[C@H]3CCCNC3)CC2)cn1C. The van der Waals surface area contributed by atoms with Gasteiger partial charge in [-0.05, 0) is 39.2 Å². The van der Waals surface area contributed by atoms with Gasteiger partial charge >= 0.3 is 0 Å². The van der Waals surface area contributed by atoms with Crippen LogP contribution in [0.4, 0.5) is 0 Å². The molecular formula is C16H27N5O3S. The Kier molecular flexibility index (Phi) is 5.45. The van der Waals surface area contributed by atoms with Gasteiger partial charge in [0.25, 0.3) is 10.0 Å². The lowest BCUT2D eigenvalue weighted by molar-refractivity contribution is -0.126. The van der Waals surface area contributed by atoms with Crippen molar-refractivity contribution in [1.29, 1.82) is 0 Å². The van der Waals surface area contributed by atoms with Crippen LogP contribution in [0.2, 0.25) is 0 Å². The summed E-state index contributed by atoms with van der Waals surface area (Å²) in [5.74, 6) is 0.604. The monoisotopic (exact) mass is 369 g/mol. The molecule has 25 heavy (non-hydrogen) atoms. The third kappa shape index (κ3) is 4.04. The Bertz CT molecular complexity index is 697. The zero-order chi connectivity index (χ0) is 18.0. The second-order valence-corrected chi connectivity index (χ2v) is 8.85. The van der Waals surface area contributed by atoms with Crippen molar-refractivity contribution in [2.45, 2.75) is 43.7 Å². The highest BCUT2D eigenvalue weighted by Crippen LogP contribution is 2.24. The zero-order valence-corrected chi connectivity index (χ0v) is 15.7. The van der Waals surface area contributed by atoms with Gasteiger partial charge in [0, 0.05) is 44.8 Å². The number of carbonyl (C=O) groups excluding carboxylic acids is 1. The number of hydrogen-bond acceptors (Lipinski definition) is 5. The van der Waals surface area contributed by atoms with E-state index < -0.39 is 10.0 Å². The van der Waals surface area contributed by atoms with E-state index in [1.165, 1.54) is 4.31 Å². The summed E-state index contributed by atoms with van der Waals surface area (Å²) in [4.78, 5) is 16.6. The normalized spacial score (nSPS) is 23.5. The van der Waals surface area contributed by atoms with E-state index in [1.807, 2.05) is 0 Å². The van der Waals surface area contributed by atoms with E-state index >= 15 is 0 Å². The van der Waals surface area contributed by atoms with Crippen molar-refractivity contribution in [1.82, 2.24) is 24.5 Å². The summed E-state index contributed by atoms with van der Waals surface area (Å²) in [6.45, 7) is 4.32. The number of amides is 1. The van der Waals surface area contributed by atoms with Gasteiger partial charge in [-0.1, -0.05) is 0 Å². The Balaban J connectivity index is 1.56. The molecule has 0 aliphatic carbocycles. The molecule has 2 aliphatic heterocycles. The molecule has 2 aliphatic rings. The van der Waals surface area contributed by atoms with Crippen molar-refractivity contribution < 1.29 is 13.2 Å². The van der Waals surface area contributed by atoms with Gasteiger partial charge in [-0.25, -0.2) is 13.4 Å². The van der Waals surface area contributed by atoms with Crippen molar-refractivity contribution in [2.24, 2.45) is 13.0 Å². The van der Waals surface area contributed by atoms with Gasteiger partial charge < -0.3 is 15.2 Å². The average molecular weight is 369 g/mol. The van der Waals surface area contributed by atoms with Crippen LogP contribution in [0.3, 0.4) is 0 Å². The molecule has 0 bridgehead atoms. The number of sulfonamides is 1. The second kappa shape index (κ2) is 7.43. The van der Waals surface area contributed by atoms with Crippen molar-refractivity contribution in [3.63, 3.8) is 0 Å². The third-order valence-electron chi connectivity index (χ3n) is 5.16. The van der Waals surface area contributed by atoms with Crippen LogP contribution in [0.5, 0.6) is 0 Å². The predicted octanol–water partition coefficient (Wildman–Crippen LogP) is -0.00258. The largest absolute Gasteiger partial charge is 0.352 e. The lowest BCUT2D eigenvalue weighted by atomic mass is 9.96. The van der Waals surface area contributed by atoms with Gasteiger partial charge in [0.1, 0.15) is 5.82 Å². The fourth-order valence-corrected chi connectivity index (χ4v) is 4.93. The van der Waals surface area contributed by atoms with Crippen molar-refractivity contribution >= 4 is 15.9 Å². The van der Waals surface area contributed by atoms with Crippen LogP contribution in [-0.2, 0) is 21.9 Å². The Hall–Kier alpha value is -1.45. The third-order valence-corrected chi connectivity index (χ3v) is 6.93. The van der Waals surface area contributed by atoms with Crippen LogP contribution in [0.1, 0.15) is 31.5 Å². The Morgan fingerprint density at radius 1 is 1.32 bits per heavy atom. The predicted molar refractivity (Wildman–Crippen MR) is 93.5 cm³/mol. The minimum absolute atomic E-state index is 0.0550. The maximum atomic E-state index is 12.7. The molecule has 8 nitrogen and oxygen atoms in total. The summed E-state index contributed by atoms with van der Waals surface area (Å²) in [6.07, 6.45) is 4.73. The molecule has 0 saturated carbocycles. The highest BCUT2D eigenvalue weighted by molar-refractivity contribution is 7.89. The molecule has 2 saturated heterocycles. The van der Waals surface area contributed by atoms with Crippen molar-refractivity contribution in [3.05, 3.63) is 12.0 Å². The first-order chi connectivity index (χ1) is 11.9. The van der Waals surface area contributed by atoms with Crippen LogP contribution in [0.25, 0.3) is 0 Å². The van der Waals surface area contributed by atoms with Gasteiger partial charge in [-0.15, -0.1) is 0 Å². The maximum absolute atomic E-state index is 12.7. The number of hydrogen-bond donors (Lipinski definition) is 2. The average Bonchev–Trinajstić information content (AvgIpc) is 2.96. The number of piperidine rings is 2. The molecule has 2 N–H and O–H groups in total. The van der Waals surface area contributed by atoms with E-state index in [0.717, 1.165) is 25.9 Å². The number of nitrogens with zero attached hydrogens (tertiary/aromatic N) is 3. The Labute approximate surface area is 149 Å². The molecule has 2 fully saturated rings. The first-order valence-electron chi connectivity index (χ1n) is 8.89. The van der Waals surface area contributed by atoms with E-state index in [4.69, 9.17) is 0 Å². The molecular weight excluding hydrogens is 342 g/mol. The summed E-state index contributed by atoms with van der Waals surface area (Å²) in [5.41, 5.74) is 0. The highest BCUT2D eigenvalue weighted by atomic mass is 32.2. The van der Waals surface area contributed by atoms with E-state index in [-0.39, 0.29) is 22.9 Å². The highest BCUT2D eigenvalue weighted by Gasteiger charge is 2.34. The number of imidazole rings is 1. The molecule has 3 heterocycles. The quantitative estimate of drug-likeness (QED) is 0.779. The summed E-state index contributed by atoms with van der Waals surface area (Å²) >= 11 is 0. The van der Waals surface area contributed by atoms with Crippen LogP contribution in [0.15, 0.2) is 11.2 Å². The van der Waals surface area contributed by atoms with Crippen molar-refractivity contribution in [3.8, 4) is 0 Å². The number of rotatable bonds is 4. The summed E-state index contributed by atoms with van der Waals surface area (Å²) in [5, 5.41) is 6.47. The molecule has 3 rings (SSSR count). The fraction of sp³-hybridized carbons (Fsp3) is 0.750. The molecule has 0 spiro atoms. The molecule has 1 amide bonds. The molecule has 9 heteroatoms. The smallest absolute Gasteiger partial charge is 0.262 e. The molecule has 0 radical (unpaired) electrons. The van der Waals surface area contributed by atoms with E-state index in [0.29, 0.717) is 31.8 Å². The van der Waals surface area contributed by atoms with Gasteiger partial charge in [0.2, 0.25) is 5.91 Å². The molecule has 140 valence electrons. The number of nitrogens with one attached hydrogen (secondary N) is 2. The Morgan fingerprint density at radius 2 is 2.04 bits per heavy atom. The van der Waals surface area contributed by atoms with E-state index in [9.17, 15) is 13.2 Å². The fourth-order valence-electron chi connectivity index (χ4n) is 3.44. The van der Waals surface area contributed by atoms with Gasteiger partial charge in [0.05, 0.1) is 0 Å². The van der Waals surface area contributed by atoms with E-state index in [2.05, 4.69) is 15.6 Å². The summed E-state index contributed by atoms with van der Waals surface area (Å²) in [6, 6.07) is 0.194.